The highest BCUT2D eigenvalue weighted by atomic mass is 16.7. The molecule has 1 saturated heterocycles. The molecule has 0 radical (unpaired) electrons. The summed E-state index contributed by atoms with van der Waals surface area (Å²) in [5, 5.41) is 75.1. The van der Waals surface area contributed by atoms with E-state index in [-0.39, 0.29) is 58.5 Å². The number of rotatable bonds is 8. The number of carbonyl (C=O) groups excluding carboxylic acids is 2. The van der Waals surface area contributed by atoms with E-state index in [2.05, 4.69) is 20.8 Å². The standard InChI is InChI=1S/C36H58O11/c1-17(2)20(38)13-21(39)18(3)19-9-10-33(5)23-7-8-24-34(6,31(45)47-30-29(44)28(43)27(42)22(15-37)46-30)25(40)14-26(41)36(24)16-35(23,36)12-11-32(19,33)4/h17-19,21-30,37,39-44H,7-16H2,1-6H3/t18-,19+,21+,22+,23-,24-,25-,26-,27+,28-,29+,30-,32+,33-,34-,35-,36+/m0/s1. The summed E-state index contributed by atoms with van der Waals surface area (Å²) in [5.74, 6) is -0.710. The molecule has 5 aliphatic carbocycles. The lowest BCUT2D eigenvalue weighted by molar-refractivity contribution is -0.300. The van der Waals surface area contributed by atoms with Crippen molar-refractivity contribution in [3.63, 3.8) is 0 Å². The molecule has 1 heterocycles. The molecule has 11 nitrogen and oxygen atoms in total. The monoisotopic (exact) mass is 666 g/mol. The second kappa shape index (κ2) is 11.7. The summed E-state index contributed by atoms with van der Waals surface area (Å²) in [7, 11) is 0. The van der Waals surface area contributed by atoms with Crippen LogP contribution in [0.3, 0.4) is 0 Å². The molecular weight excluding hydrogens is 608 g/mol. The molecule has 11 heteroatoms. The Hall–Kier alpha value is -1.18. The van der Waals surface area contributed by atoms with Crippen LogP contribution in [0.5, 0.6) is 0 Å². The van der Waals surface area contributed by atoms with Crippen LogP contribution in [0.15, 0.2) is 0 Å². The molecule has 6 rings (SSSR count). The predicted molar refractivity (Wildman–Crippen MR) is 168 cm³/mol. The van der Waals surface area contributed by atoms with Gasteiger partial charge in [0.25, 0.3) is 0 Å². The Kier molecular flexibility index (Phi) is 8.86. The van der Waals surface area contributed by atoms with Crippen LogP contribution in [0.25, 0.3) is 0 Å². The first-order chi connectivity index (χ1) is 21.9. The van der Waals surface area contributed by atoms with Gasteiger partial charge in [-0.1, -0.05) is 34.6 Å². The molecule has 7 N–H and O–H groups in total. The summed E-state index contributed by atoms with van der Waals surface area (Å²) >= 11 is 0. The number of ether oxygens (including phenoxy) is 2. The topological polar surface area (TPSA) is 194 Å². The smallest absolute Gasteiger partial charge is 0.317 e. The van der Waals surface area contributed by atoms with Crippen LogP contribution in [0.4, 0.5) is 0 Å². The molecule has 17 atom stereocenters. The molecule has 0 unspecified atom stereocenters. The van der Waals surface area contributed by atoms with Gasteiger partial charge in [0, 0.05) is 24.2 Å². The summed E-state index contributed by atoms with van der Waals surface area (Å²) in [6, 6.07) is 0. The fourth-order valence-corrected chi connectivity index (χ4v) is 12.5. The van der Waals surface area contributed by atoms with Crippen LogP contribution in [0, 0.1) is 56.7 Å². The Morgan fingerprint density at radius 3 is 2.15 bits per heavy atom. The largest absolute Gasteiger partial charge is 0.432 e. The fraction of sp³-hybridized carbons (Fsp3) is 0.944. The molecule has 0 bridgehead atoms. The van der Waals surface area contributed by atoms with Gasteiger partial charge < -0.3 is 45.2 Å². The number of hydrogen-bond acceptors (Lipinski definition) is 11. The molecule has 268 valence electrons. The first-order valence-electron chi connectivity index (χ1n) is 18.0. The number of Topliss-reactive ketones (excluding diaryl/α,β-unsaturated/α-hetero) is 1. The van der Waals surface area contributed by atoms with Crippen molar-refractivity contribution in [3.8, 4) is 0 Å². The Balaban J connectivity index is 1.26. The number of fused-ring (bicyclic) bond motifs is 2. The Bertz CT molecular complexity index is 1240. The zero-order valence-electron chi connectivity index (χ0n) is 28.8. The van der Waals surface area contributed by atoms with Gasteiger partial charge in [-0.15, -0.1) is 0 Å². The van der Waals surface area contributed by atoms with E-state index in [1.807, 2.05) is 13.8 Å². The number of ketones is 1. The van der Waals surface area contributed by atoms with Crippen LogP contribution < -0.4 is 0 Å². The van der Waals surface area contributed by atoms with Crippen molar-refractivity contribution in [1.82, 2.24) is 0 Å². The van der Waals surface area contributed by atoms with Crippen LogP contribution in [-0.2, 0) is 19.1 Å². The average molecular weight is 667 g/mol. The van der Waals surface area contributed by atoms with E-state index in [9.17, 15) is 45.3 Å². The molecule has 0 amide bonds. The van der Waals surface area contributed by atoms with Crippen molar-refractivity contribution in [1.29, 1.82) is 0 Å². The van der Waals surface area contributed by atoms with Gasteiger partial charge in [0.15, 0.2) is 0 Å². The lowest BCUT2D eigenvalue weighted by Crippen LogP contribution is -2.65. The van der Waals surface area contributed by atoms with E-state index in [4.69, 9.17) is 9.47 Å². The molecule has 6 aliphatic rings. The normalized spacial score (nSPS) is 53.2. The summed E-state index contributed by atoms with van der Waals surface area (Å²) in [6.07, 6.45) is -4.55. The van der Waals surface area contributed by atoms with Gasteiger partial charge >= 0.3 is 5.97 Å². The molecule has 47 heavy (non-hydrogen) atoms. The van der Waals surface area contributed by atoms with Crippen LogP contribution >= 0.6 is 0 Å². The van der Waals surface area contributed by atoms with Gasteiger partial charge in [-0.3, -0.25) is 9.59 Å². The Morgan fingerprint density at radius 1 is 0.851 bits per heavy atom. The van der Waals surface area contributed by atoms with E-state index < -0.39 is 78.3 Å². The van der Waals surface area contributed by atoms with Crippen molar-refractivity contribution in [2.24, 2.45) is 56.7 Å². The molecule has 0 aromatic heterocycles. The predicted octanol–water partition coefficient (Wildman–Crippen LogP) is 1.69. The van der Waals surface area contributed by atoms with E-state index in [1.54, 1.807) is 6.92 Å². The van der Waals surface area contributed by atoms with Crippen molar-refractivity contribution >= 4 is 11.8 Å². The number of aliphatic hydroxyl groups excluding tert-OH is 7. The van der Waals surface area contributed by atoms with Gasteiger partial charge in [0.2, 0.25) is 6.29 Å². The highest BCUT2D eigenvalue weighted by Gasteiger charge is 2.86. The highest BCUT2D eigenvalue weighted by Crippen LogP contribution is 2.89. The highest BCUT2D eigenvalue weighted by molar-refractivity contribution is 5.80. The maximum atomic E-state index is 14.1. The molecular formula is C36H58O11. The number of esters is 1. The third-order valence-corrected chi connectivity index (χ3v) is 15.7. The van der Waals surface area contributed by atoms with E-state index in [0.29, 0.717) is 6.42 Å². The SMILES string of the molecule is CC(C)C(=O)C[C@@H](O)[C@@H](C)[C@H]1CC[C@@]2(C)[C@@H]3CC[C@H]4[C@](C)(C(=O)O[C@@H]5O[C@H](CO)[C@@H](O)[C@H](O)[C@H]5O)[C@@H](O)C[C@H](O)[C@@]45C[C@@]35CC[C@]12C. The maximum Gasteiger partial charge on any atom is 0.317 e. The molecule has 0 aromatic rings. The minimum absolute atomic E-state index is 0.00889. The number of carbonyl (C=O) groups is 2. The molecule has 5 saturated carbocycles. The van der Waals surface area contributed by atoms with E-state index in [0.717, 1.165) is 38.5 Å². The first kappa shape index (κ1) is 35.6. The summed E-state index contributed by atoms with van der Waals surface area (Å²) in [4.78, 5) is 26.6. The van der Waals surface area contributed by atoms with Crippen LogP contribution in [-0.4, -0.2) is 103 Å². The molecule has 2 spiro atoms. The molecule has 6 fully saturated rings. The second-order valence-electron chi connectivity index (χ2n) is 17.4. The first-order valence-corrected chi connectivity index (χ1v) is 18.0. The van der Waals surface area contributed by atoms with E-state index >= 15 is 0 Å². The van der Waals surface area contributed by atoms with Crippen LogP contribution in [0.2, 0.25) is 0 Å². The minimum atomic E-state index is -1.75. The second-order valence-corrected chi connectivity index (χ2v) is 17.4. The van der Waals surface area contributed by atoms with E-state index in [1.165, 1.54) is 0 Å². The van der Waals surface area contributed by atoms with Crippen molar-refractivity contribution in [2.45, 2.75) is 148 Å². The van der Waals surface area contributed by atoms with Gasteiger partial charge in [0.05, 0.1) is 30.3 Å². The zero-order valence-corrected chi connectivity index (χ0v) is 28.8. The average Bonchev–Trinajstić information content (AvgIpc) is 3.64. The third-order valence-electron chi connectivity index (χ3n) is 15.7. The fourth-order valence-electron chi connectivity index (χ4n) is 12.5. The van der Waals surface area contributed by atoms with Crippen molar-refractivity contribution in [2.75, 3.05) is 6.61 Å². The van der Waals surface area contributed by atoms with Gasteiger partial charge in [-0.05, 0) is 91.8 Å². The van der Waals surface area contributed by atoms with Gasteiger partial charge in [-0.25, -0.2) is 0 Å². The lowest BCUT2D eigenvalue weighted by Gasteiger charge is -2.64. The molecule has 0 aromatic carbocycles. The Morgan fingerprint density at radius 2 is 1.51 bits per heavy atom. The van der Waals surface area contributed by atoms with Gasteiger partial charge in [-0.2, -0.15) is 0 Å². The maximum absolute atomic E-state index is 14.1. The lowest BCUT2D eigenvalue weighted by atomic mass is 9.41. The summed E-state index contributed by atoms with van der Waals surface area (Å²) in [6.45, 7) is 11.6. The molecule has 1 aliphatic heterocycles. The number of aliphatic hydroxyl groups is 7. The third kappa shape index (κ3) is 4.66. The van der Waals surface area contributed by atoms with Crippen LogP contribution in [0.1, 0.15) is 99.3 Å². The number of hydrogen-bond donors (Lipinski definition) is 7. The van der Waals surface area contributed by atoms with Gasteiger partial charge in [0.1, 0.15) is 30.2 Å². The summed E-state index contributed by atoms with van der Waals surface area (Å²) < 4.78 is 11.2. The van der Waals surface area contributed by atoms with Crippen molar-refractivity contribution in [3.05, 3.63) is 0 Å². The zero-order chi connectivity index (χ0) is 34.6. The van der Waals surface area contributed by atoms with Crippen molar-refractivity contribution < 1.29 is 54.8 Å². The summed E-state index contributed by atoms with van der Waals surface area (Å²) in [5.41, 5.74) is -2.35. The minimum Gasteiger partial charge on any atom is -0.432 e. The quantitative estimate of drug-likeness (QED) is 0.186. The Labute approximate surface area is 278 Å².